The Labute approximate surface area is 180 Å². The number of nitrogens with one attached hydrogen (secondary N) is 1. The summed E-state index contributed by atoms with van der Waals surface area (Å²) in [5, 5.41) is 2.97. The first kappa shape index (κ1) is 23.5. The minimum absolute atomic E-state index is 0.101. The Kier molecular flexibility index (Phi) is 9.39. The molecule has 0 saturated heterocycles. The van der Waals surface area contributed by atoms with Crippen molar-refractivity contribution in [2.24, 2.45) is 0 Å². The standard InChI is InChI=1S/C25H34N2O3/c1-5-7-15-26-25(29)22(6-2)27(17-21-11-9-8-10-12-21)24(28)18-30-23-16-19(3)13-14-20(23)4/h8-14,16,22H,5-7,15,17-18H2,1-4H3,(H,26,29). The van der Waals surface area contributed by atoms with E-state index in [1.165, 1.54) is 0 Å². The lowest BCUT2D eigenvalue weighted by Gasteiger charge is -2.30. The van der Waals surface area contributed by atoms with Gasteiger partial charge in [-0.05, 0) is 49.4 Å². The molecule has 0 radical (unpaired) electrons. The highest BCUT2D eigenvalue weighted by atomic mass is 16.5. The Balaban J connectivity index is 2.17. The van der Waals surface area contributed by atoms with E-state index in [4.69, 9.17) is 4.74 Å². The normalized spacial score (nSPS) is 11.6. The molecule has 2 rings (SSSR count). The van der Waals surface area contributed by atoms with Crippen LogP contribution in [0.1, 0.15) is 49.8 Å². The number of ether oxygens (including phenoxy) is 1. The fraction of sp³-hybridized carbons (Fsp3) is 0.440. The maximum atomic E-state index is 13.2. The van der Waals surface area contributed by atoms with Gasteiger partial charge in [-0.2, -0.15) is 0 Å². The van der Waals surface area contributed by atoms with E-state index < -0.39 is 6.04 Å². The van der Waals surface area contributed by atoms with Crippen molar-refractivity contribution in [2.75, 3.05) is 13.2 Å². The number of hydrogen-bond donors (Lipinski definition) is 1. The van der Waals surface area contributed by atoms with Gasteiger partial charge in [0.15, 0.2) is 6.61 Å². The van der Waals surface area contributed by atoms with Crippen molar-refractivity contribution in [3.63, 3.8) is 0 Å². The van der Waals surface area contributed by atoms with Crippen molar-refractivity contribution in [3.05, 3.63) is 65.2 Å². The lowest BCUT2D eigenvalue weighted by atomic mass is 10.1. The fourth-order valence-corrected chi connectivity index (χ4v) is 3.29. The summed E-state index contributed by atoms with van der Waals surface area (Å²) in [5.41, 5.74) is 3.04. The highest BCUT2D eigenvalue weighted by molar-refractivity contribution is 5.88. The van der Waals surface area contributed by atoms with Crippen LogP contribution in [-0.4, -0.2) is 35.9 Å². The summed E-state index contributed by atoms with van der Waals surface area (Å²) in [7, 11) is 0. The molecule has 2 amide bonds. The second-order valence-electron chi connectivity index (χ2n) is 7.63. The van der Waals surface area contributed by atoms with Crippen molar-refractivity contribution in [2.45, 2.75) is 59.5 Å². The molecule has 0 saturated carbocycles. The molecule has 0 aliphatic carbocycles. The molecule has 0 spiro atoms. The minimum Gasteiger partial charge on any atom is -0.483 e. The number of carbonyl (C=O) groups is 2. The molecule has 0 fully saturated rings. The monoisotopic (exact) mass is 410 g/mol. The van der Waals surface area contributed by atoms with Crippen LogP contribution in [-0.2, 0) is 16.1 Å². The molecule has 2 aromatic carbocycles. The molecular weight excluding hydrogens is 376 g/mol. The van der Waals surface area contributed by atoms with E-state index in [1.807, 2.05) is 69.3 Å². The van der Waals surface area contributed by atoms with Crippen LogP contribution < -0.4 is 10.1 Å². The second-order valence-corrected chi connectivity index (χ2v) is 7.63. The summed E-state index contributed by atoms with van der Waals surface area (Å²) in [4.78, 5) is 27.6. The number of benzene rings is 2. The fourth-order valence-electron chi connectivity index (χ4n) is 3.29. The van der Waals surface area contributed by atoms with Gasteiger partial charge in [0.2, 0.25) is 5.91 Å². The van der Waals surface area contributed by atoms with E-state index in [9.17, 15) is 9.59 Å². The zero-order chi connectivity index (χ0) is 21.9. The van der Waals surface area contributed by atoms with E-state index in [0.29, 0.717) is 25.3 Å². The van der Waals surface area contributed by atoms with Crippen molar-refractivity contribution >= 4 is 11.8 Å². The first-order valence-corrected chi connectivity index (χ1v) is 10.8. The Morgan fingerprint density at radius 2 is 1.80 bits per heavy atom. The molecule has 0 bridgehead atoms. The number of unbranched alkanes of at least 4 members (excludes halogenated alkanes) is 1. The third-order valence-corrected chi connectivity index (χ3v) is 5.11. The second kappa shape index (κ2) is 12.0. The average molecular weight is 411 g/mol. The van der Waals surface area contributed by atoms with E-state index in [-0.39, 0.29) is 18.4 Å². The molecule has 0 aliphatic heterocycles. The topological polar surface area (TPSA) is 58.6 Å². The summed E-state index contributed by atoms with van der Waals surface area (Å²) in [6.45, 7) is 8.85. The molecule has 5 nitrogen and oxygen atoms in total. The van der Waals surface area contributed by atoms with Gasteiger partial charge in [-0.15, -0.1) is 0 Å². The zero-order valence-corrected chi connectivity index (χ0v) is 18.6. The molecule has 0 aromatic heterocycles. The van der Waals surface area contributed by atoms with E-state index in [0.717, 1.165) is 29.5 Å². The van der Waals surface area contributed by atoms with Crippen LogP contribution in [0.3, 0.4) is 0 Å². The number of hydrogen-bond acceptors (Lipinski definition) is 3. The minimum atomic E-state index is -0.531. The Bertz CT molecular complexity index is 820. The van der Waals surface area contributed by atoms with Crippen molar-refractivity contribution in [1.29, 1.82) is 0 Å². The number of nitrogens with zero attached hydrogens (tertiary/aromatic N) is 1. The lowest BCUT2D eigenvalue weighted by molar-refractivity contribution is -0.143. The summed E-state index contributed by atoms with van der Waals surface area (Å²) in [6.07, 6.45) is 2.47. The molecule has 162 valence electrons. The van der Waals surface area contributed by atoms with Crippen LogP contribution >= 0.6 is 0 Å². The van der Waals surface area contributed by atoms with Gasteiger partial charge >= 0.3 is 0 Å². The first-order chi connectivity index (χ1) is 14.5. The third-order valence-electron chi connectivity index (χ3n) is 5.11. The van der Waals surface area contributed by atoms with Crippen molar-refractivity contribution in [3.8, 4) is 5.75 Å². The van der Waals surface area contributed by atoms with Crippen molar-refractivity contribution in [1.82, 2.24) is 10.2 Å². The third kappa shape index (κ3) is 6.90. The molecule has 0 heterocycles. The molecule has 30 heavy (non-hydrogen) atoms. The number of amides is 2. The molecule has 0 aliphatic rings. The largest absolute Gasteiger partial charge is 0.483 e. The molecule has 1 unspecified atom stereocenters. The predicted octanol–water partition coefficient (Wildman–Crippen LogP) is 4.41. The van der Waals surface area contributed by atoms with Gasteiger partial charge in [0, 0.05) is 13.1 Å². The summed E-state index contributed by atoms with van der Waals surface area (Å²) >= 11 is 0. The maximum absolute atomic E-state index is 13.2. The van der Waals surface area contributed by atoms with Crippen LogP contribution in [0.25, 0.3) is 0 Å². The van der Waals surface area contributed by atoms with Crippen LogP contribution in [0.4, 0.5) is 0 Å². The summed E-state index contributed by atoms with van der Waals surface area (Å²) in [6, 6.07) is 15.1. The van der Waals surface area contributed by atoms with Gasteiger partial charge in [-0.3, -0.25) is 9.59 Å². The smallest absolute Gasteiger partial charge is 0.261 e. The van der Waals surface area contributed by atoms with E-state index in [2.05, 4.69) is 12.2 Å². The highest BCUT2D eigenvalue weighted by Gasteiger charge is 2.28. The summed E-state index contributed by atoms with van der Waals surface area (Å²) < 4.78 is 5.85. The molecule has 2 aromatic rings. The Morgan fingerprint density at radius 1 is 1.07 bits per heavy atom. The molecule has 1 atom stereocenters. The lowest BCUT2D eigenvalue weighted by Crippen LogP contribution is -2.50. The molecular formula is C25H34N2O3. The average Bonchev–Trinajstić information content (AvgIpc) is 2.75. The van der Waals surface area contributed by atoms with Gasteiger partial charge < -0.3 is 15.0 Å². The number of carbonyl (C=O) groups excluding carboxylic acids is 2. The van der Waals surface area contributed by atoms with Crippen LogP contribution in [0.15, 0.2) is 48.5 Å². The maximum Gasteiger partial charge on any atom is 0.261 e. The van der Waals surface area contributed by atoms with Crippen molar-refractivity contribution < 1.29 is 14.3 Å². The van der Waals surface area contributed by atoms with Gasteiger partial charge in [-0.25, -0.2) is 0 Å². The van der Waals surface area contributed by atoms with Gasteiger partial charge in [0.05, 0.1) is 0 Å². The van der Waals surface area contributed by atoms with Gasteiger partial charge in [0.25, 0.3) is 5.91 Å². The highest BCUT2D eigenvalue weighted by Crippen LogP contribution is 2.20. The van der Waals surface area contributed by atoms with Crippen LogP contribution in [0, 0.1) is 13.8 Å². The summed E-state index contributed by atoms with van der Waals surface area (Å²) in [5.74, 6) is 0.391. The quantitative estimate of drug-likeness (QED) is 0.559. The van der Waals surface area contributed by atoms with E-state index >= 15 is 0 Å². The van der Waals surface area contributed by atoms with Gasteiger partial charge in [0.1, 0.15) is 11.8 Å². The van der Waals surface area contributed by atoms with Gasteiger partial charge in [-0.1, -0.05) is 62.7 Å². The predicted molar refractivity (Wildman–Crippen MR) is 120 cm³/mol. The van der Waals surface area contributed by atoms with Crippen LogP contribution in [0.2, 0.25) is 0 Å². The first-order valence-electron chi connectivity index (χ1n) is 10.8. The molecule has 1 N–H and O–H groups in total. The zero-order valence-electron chi connectivity index (χ0n) is 18.6. The Morgan fingerprint density at radius 3 is 2.47 bits per heavy atom. The van der Waals surface area contributed by atoms with Crippen LogP contribution in [0.5, 0.6) is 5.75 Å². The SMILES string of the molecule is CCCCNC(=O)C(CC)N(Cc1ccccc1)C(=O)COc1cc(C)ccc1C. The number of rotatable bonds is 11. The van der Waals surface area contributed by atoms with E-state index in [1.54, 1.807) is 4.90 Å². The molecule has 5 heteroatoms. The number of aryl methyl sites for hydroxylation is 2. The Hall–Kier alpha value is -2.82.